The fourth-order valence-corrected chi connectivity index (χ4v) is 4.76. The van der Waals surface area contributed by atoms with Crippen LogP contribution in [0, 0.1) is 25.7 Å². The summed E-state index contributed by atoms with van der Waals surface area (Å²) in [6.45, 7) is 8.66. The number of nitrogens with zero attached hydrogens (tertiary/aromatic N) is 3. The van der Waals surface area contributed by atoms with Crippen molar-refractivity contribution in [2.75, 3.05) is 16.9 Å². The number of anilines is 2. The lowest BCUT2D eigenvalue weighted by molar-refractivity contribution is -0.129. The summed E-state index contributed by atoms with van der Waals surface area (Å²) in [5.41, 5.74) is 6.26. The Balaban J connectivity index is 1.56. The van der Waals surface area contributed by atoms with Crippen molar-refractivity contribution < 1.29 is 9.59 Å². The maximum Gasteiger partial charge on any atom is 0.230 e. The molecule has 9 heteroatoms. The molecule has 0 spiro atoms. The molecule has 33 heavy (non-hydrogen) atoms. The molecule has 2 saturated heterocycles. The monoisotopic (exact) mass is 453 g/mol. The zero-order chi connectivity index (χ0) is 23.5. The lowest BCUT2D eigenvalue weighted by Crippen LogP contribution is -2.61. The normalized spacial score (nSPS) is 22.4. The summed E-state index contributed by atoms with van der Waals surface area (Å²) in [5.74, 6) is 0.266. The molecule has 0 bridgehead atoms. The highest BCUT2D eigenvalue weighted by Crippen LogP contribution is 2.28. The van der Waals surface area contributed by atoms with Gasteiger partial charge in [-0.2, -0.15) is 5.10 Å². The molecule has 3 heterocycles. The number of hydrogen-bond donors (Lipinski definition) is 4. The van der Waals surface area contributed by atoms with Gasteiger partial charge in [0.15, 0.2) is 6.29 Å². The van der Waals surface area contributed by atoms with Crippen molar-refractivity contribution in [2.45, 2.75) is 65.8 Å². The quantitative estimate of drug-likeness (QED) is 0.490. The molecule has 0 saturated carbocycles. The van der Waals surface area contributed by atoms with Crippen molar-refractivity contribution in [1.29, 1.82) is 0 Å². The van der Waals surface area contributed by atoms with Crippen LogP contribution in [0.1, 0.15) is 57.1 Å². The van der Waals surface area contributed by atoms with Crippen molar-refractivity contribution in [1.82, 2.24) is 25.8 Å². The number of aryl methyl sites for hydroxylation is 2. The van der Waals surface area contributed by atoms with Crippen molar-refractivity contribution in [3.05, 3.63) is 41.6 Å². The van der Waals surface area contributed by atoms with Gasteiger partial charge in [0.1, 0.15) is 12.0 Å². The Morgan fingerprint density at radius 3 is 2.67 bits per heavy atom. The van der Waals surface area contributed by atoms with E-state index in [9.17, 15) is 9.59 Å². The first-order valence-electron chi connectivity index (χ1n) is 11.9. The predicted octanol–water partition coefficient (Wildman–Crippen LogP) is 2.80. The molecule has 2 aliphatic rings. The molecular weight excluding hydrogens is 418 g/mol. The van der Waals surface area contributed by atoms with Crippen LogP contribution in [0.25, 0.3) is 0 Å². The van der Waals surface area contributed by atoms with Crippen LogP contribution in [0.4, 0.5) is 11.5 Å². The molecule has 3 unspecified atom stereocenters. The topological polar surface area (TPSA) is 103 Å². The van der Waals surface area contributed by atoms with Gasteiger partial charge >= 0.3 is 0 Å². The third kappa shape index (κ3) is 4.89. The molecule has 2 amide bonds. The van der Waals surface area contributed by atoms with Crippen LogP contribution < -0.4 is 26.4 Å². The molecule has 2 aliphatic heterocycles. The number of hydrazine groups is 1. The smallest absolute Gasteiger partial charge is 0.230 e. The van der Waals surface area contributed by atoms with E-state index in [1.807, 2.05) is 43.1 Å². The summed E-state index contributed by atoms with van der Waals surface area (Å²) in [6.07, 6.45) is 2.80. The van der Waals surface area contributed by atoms with Crippen LogP contribution in [0.15, 0.2) is 30.3 Å². The molecule has 9 nitrogen and oxygen atoms in total. The molecule has 178 valence electrons. The van der Waals surface area contributed by atoms with Gasteiger partial charge in [-0.05, 0) is 44.4 Å². The first-order valence-corrected chi connectivity index (χ1v) is 11.9. The lowest BCUT2D eigenvalue weighted by Gasteiger charge is -2.37. The molecule has 2 aromatic rings. The number of carbonyl (C=O) groups is 2. The minimum atomic E-state index is -0.578. The van der Waals surface area contributed by atoms with E-state index < -0.39 is 6.29 Å². The van der Waals surface area contributed by atoms with Crippen molar-refractivity contribution in [3.8, 4) is 0 Å². The molecule has 1 aromatic heterocycles. The summed E-state index contributed by atoms with van der Waals surface area (Å²) in [5, 5.41) is 16.2. The van der Waals surface area contributed by atoms with E-state index >= 15 is 0 Å². The molecule has 3 atom stereocenters. The summed E-state index contributed by atoms with van der Waals surface area (Å²) >= 11 is 0. The van der Waals surface area contributed by atoms with Gasteiger partial charge in [0, 0.05) is 18.5 Å². The second-order valence-corrected chi connectivity index (χ2v) is 9.08. The van der Waals surface area contributed by atoms with E-state index in [0.29, 0.717) is 12.4 Å². The van der Waals surface area contributed by atoms with Crippen molar-refractivity contribution >= 4 is 23.3 Å². The van der Waals surface area contributed by atoms with Gasteiger partial charge in [-0.3, -0.25) is 19.9 Å². The Bertz CT molecular complexity index is 998. The van der Waals surface area contributed by atoms with E-state index in [0.717, 1.165) is 42.6 Å². The summed E-state index contributed by atoms with van der Waals surface area (Å²) in [4.78, 5) is 26.0. The van der Waals surface area contributed by atoms with E-state index in [1.54, 1.807) is 4.68 Å². The van der Waals surface area contributed by atoms with Gasteiger partial charge in [0.05, 0.1) is 17.3 Å². The number of aromatic nitrogens is 2. The Hall–Kier alpha value is -2.91. The second-order valence-electron chi connectivity index (χ2n) is 9.08. The van der Waals surface area contributed by atoms with Gasteiger partial charge in [-0.15, -0.1) is 0 Å². The standard InChI is InChI=1S/C24H35N7O2/c1-5-8-17(9-6-2)22(32)26-20-13-16(4)29-31(20)24-27-21-19(23(33)28-24)14-25-30(21)18-11-7-10-15(3)12-18/h7,10-13,17,19,21,24-25,27H,5-6,8-9,14H2,1-4H3,(H,26,32)(H,28,33). The van der Waals surface area contributed by atoms with Gasteiger partial charge in [0.2, 0.25) is 11.8 Å². The summed E-state index contributed by atoms with van der Waals surface area (Å²) < 4.78 is 1.67. The summed E-state index contributed by atoms with van der Waals surface area (Å²) in [6, 6.07) is 10.0. The minimum absolute atomic E-state index is 0.00350. The highest BCUT2D eigenvalue weighted by atomic mass is 16.2. The van der Waals surface area contributed by atoms with E-state index in [-0.39, 0.29) is 29.8 Å². The van der Waals surface area contributed by atoms with Gasteiger partial charge in [-0.25, -0.2) is 10.1 Å². The Kier molecular flexibility index (Phi) is 6.99. The third-order valence-electron chi connectivity index (χ3n) is 6.36. The van der Waals surface area contributed by atoms with Gasteiger partial charge in [0.25, 0.3) is 0 Å². The first kappa shape index (κ1) is 23.3. The SMILES string of the molecule is CCCC(CCC)C(=O)Nc1cc(C)nn1C1NC(=O)C2CNN(c3cccc(C)c3)C2N1. The Morgan fingerprint density at radius 2 is 1.97 bits per heavy atom. The Morgan fingerprint density at radius 1 is 1.21 bits per heavy atom. The number of amides is 2. The minimum Gasteiger partial charge on any atom is -0.321 e. The fraction of sp³-hybridized carbons (Fsp3) is 0.542. The highest BCUT2D eigenvalue weighted by Gasteiger charge is 2.45. The van der Waals surface area contributed by atoms with E-state index in [1.165, 1.54) is 0 Å². The molecule has 1 aromatic carbocycles. The van der Waals surface area contributed by atoms with Gasteiger partial charge < -0.3 is 10.6 Å². The molecule has 4 rings (SSSR count). The van der Waals surface area contributed by atoms with E-state index in [4.69, 9.17) is 0 Å². The zero-order valence-corrected chi connectivity index (χ0v) is 19.9. The van der Waals surface area contributed by atoms with Crippen LogP contribution in [-0.2, 0) is 9.59 Å². The van der Waals surface area contributed by atoms with Crippen molar-refractivity contribution in [2.24, 2.45) is 11.8 Å². The molecule has 0 radical (unpaired) electrons. The highest BCUT2D eigenvalue weighted by molar-refractivity contribution is 5.92. The van der Waals surface area contributed by atoms with Gasteiger partial charge in [-0.1, -0.05) is 38.8 Å². The molecule has 4 N–H and O–H groups in total. The first-order chi connectivity index (χ1) is 15.9. The second kappa shape index (κ2) is 9.93. The third-order valence-corrected chi connectivity index (χ3v) is 6.36. The average molecular weight is 454 g/mol. The number of benzene rings is 1. The maximum absolute atomic E-state index is 13.0. The summed E-state index contributed by atoms with van der Waals surface area (Å²) in [7, 11) is 0. The largest absolute Gasteiger partial charge is 0.321 e. The van der Waals surface area contributed by atoms with Crippen LogP contribution in [0.5, 0.6) is 0 Å². The zero-order valence-electron chi connectivity index (χ0n) is 19.9. The number of hydrogen-bond acceptors (Lipinski definition) is 6. The number of rotatable bonds is 8. The molecule has 0 aliphatic carbocycles. The average Bonchev–Trinajstić information content (AvgIpc) is 3.37. The lowest BCUT2D eigenvalue weighted by atomic mass is 9.97. The van der Waals surface area contributed by atoms with Crippen LogP contribution in [-0.4, -0.2) is 34.3 Å². The fourth-order valence-electron chi connectivity index (χ4n) is 4.76. The van der Waals surface area contributed by atoms with Crippen molar-refractivity contribution in [3.63, 3.8) is 0 Å². The molecule has 2 fully saturated rings. The Labute approximate surface area is 195 Å². The predicted molar refractivity (Wildman–Crippen MR) is 128 cm³/mol. The van der Waals surface area contributed by atoms with Crippen LogP contribution in [0.3, 0.4) is 0 Å². The maximum atomic E-state index is 13.0. The molecular formula is C24H35N7O2. The van der Waals surface area contributed by atoms with Crippen LogP contribution in [0.2, 0.25) is 0 Å². The van der Waals surface area contributed by atoms with Crippen LogP contribution >= 0.6 is 0 Å². The number of carbonyl (C=O) groups excluding carboxylic acids is 2. The number of fused-ring (bicyclic) bond motifs is 1. The van der Waals surface area contributed by atoms with E-state index in [2.05, 4.69) is 46.4 Å². The number of nitrogens with one attached hydrogen (secondary N) is 4.